The van der Waals surface area contributed by atoms with Crippen molar-refractivity contribution in [2.24, 2.45) is 0 Å². The van der Waals surface area contributed by atoms with Crippen LogP contribution in [0.4, 0.5) is 11.4 Å². The maximum Gasteiger partial charge on any atom is 0.293 e. The van der Waals surface area contributed by atoms with E-state index >= 15 is 0 Å². The summed E-state index contributed by atoms with van der Waals surface area (Å²) >= 11 is 6.29. The van der Waals surface area contributed by atoms with Crippen molar-refractivity contribution in [1.29, 1.82) is 0 Å². The zero-order valence-electron chi connectivity index (χ0n) is 16.2. The standard InChI is InChI=1S/C20H22ClN3O5/c1-12(2)23-20(25)14-4-5-16(17(10-14)24(26)27)22-11-13-8-15(21)19-18(9-13)28-6-3-7-29-19/h4-5,8-10,12,22H,3,6-7,11H2,1-2H3,(H,23,25). The summed E-state index contributed by atoms with van der Waals surface area (Å²) in [6.45, 7) is 5.00. The van der Waals surface area contributed by atoms with E-state index in [9.17, 15) is 14.9 Å². The summed E-state index contributed by atoms with van der Waals surface area (Å²) in [6.07, 6.45) is 0.765. The van der Waals surface area contributed by atoms with Crippen LogP contribution in [0, 0.1) is 10.1 Å². The smallest absolute Gasteiger partial charge is 0.293 e. The summed E-state index contributed by atoms with van der Waals surface area (Å²) in [7, 11) is 0. The minimum Gasteiger partial charge on any atom is -0.489 e. The molecule has 0 atom stereocenters. The van der Waals surface area contributed by atoms with Gasteiger partial charge in [-0.2, -0.15) is 0 Å². The first-order valence-electron chi connectivity index (χ1n) is 9.26. The van der Waals surface area contributed by atoms with Crippen molar-refractivity contribution in [3.8, 4) is 11.5 Å². The fourth-order valence-corrected chi connectivity index (χ4v) is 3.19. The molecule has 1 aliphatic heterocycles. The fourth-order valence-electron chi connectivity index (χ4n) is 2.90. The molecule has 2 aromatic carbocycles. The summed E-state index contributed by atoms with van der Waals surface area (Å²) in [4.78, 5) is 23.1. The molecule has 0 saturated heterocycles. The van der Waals surface area contributed by atoms with Crippen molar-refractivity contribution in [3.63, 3.8) is 0 Å². The van der Waals surface area contributed by atoms with Gasteiger partial charge in [-0.3, -0.25) is 14.9 Å². The Kier molecular flexibility index (Phi) is 6.43. The molecule has 0 aromatic heterocycles. The van der Waals surface area contributed by atoms with E-state index in [1.165, 1.54) is 12.1 Å². The topological polar surface area (TPSA) is 103 Å². The molecule has 0 spiro atoms. The van der Waals surface area contributed by atoms with Crippen molar-refractivity contribution >= 4 is 28.9 Å². The molecule has 1 aliphatic rings. The quantitative estimate of drug-likeness (QED) is 0.538. The van der Waals surface area contributed by atoms with Crippen LogP contribution in [0.3, 0.4) is 0 Å². The van der Waals surface area contributed by atoms with E-state index in [4.69, 9.17) is 21.1 Å². The van der Waals surface area contributed by atoms with Crippen LogP contribution >= 0.6 is 11.6 Å². The summed E-state index contributed by atoms with van der Waals surface area (Å²) in [6, 6.07) is 7.81. The maximum atomic E-state index is 12.1. The van der Waals surface area contributed by atoms with Crippen LogP contribution in [0.15, 0.2) is 30.3 Å². The Morgan fingerprint density at radius 1 is 1.24 bits per heavy atom. The first kappa shape index (κ1) is 20.7. The summed E-state index contributed by atoms with van der Waals surface area (Å²) in [5.41, 5.74) is 1.14. The number of nitrogens with one attached hydrogen (secondary N) is 2. The van der Waals surface area contributed by atoms with Crippen LogP contribution < -0.4 is 20.1 Å². The average Bonchev–Trinajstić information content (AvgIpc) is 2.91. The van der Waals surface area contributed by atoms with Gasteiger partial charge in [0, 0.05) is 30.6 Å². The van der Waals surface area contributed by atoms with Gasteiger partial charge in [0.25, 0.3) is 11.6 Å². The van der Waals surface area contributed by atoms with Gasteiger partial charge in [0.05, 0.1) is 23.2 Å². The first-order valence-corrected chi connectivity index (χ1v) is 9.64. The van der Waals surface area contributed by atoms with Crippen molar-refractivity contribution in [2.75, 3.05) is 18.5 Å². The van der Waals surface area contributed by atoms with Crippen LogP contribution in [-0.4, -0.2) is 30.1 Å². The lowest BCUT2D eigenvalue weighted by atomic mass is 10.1. The van der Waals surface area contributed by atoms with Gasteiger partial charge < -0.3 is 20.1 Å². The molecule has 0 bridgehead atoms. The highest BCUT2D eigenvalue weighted by Gasteiger charge is 2.19. The number of rotatable bonds is 6. The Morgan fingerprint density at radius 2 is 2.00 bits per heavy atom. The second kappa shape index (κ2) is 9.00. The fraction of sp³-hybridized carbons (Fsp3) is 0.350. The van der Waals surface area contributed by atoms with E-state index in [1.54, 1.807) is 18.2 Å². The van der Waals surface area contributed by atoms with E-state index in [0.29, 0.717) is 35.4 Å². The average molecular weight is 420 g/mol. The summed E-state index contributed by atoms with van der Waals surface area (Å²) in [5.74, 6) is 0.714. The van der Waals surface area contributed by atoms with Crippen molar-refractivity contribution < 1.29 is 19.2 Å². The van der Waals surface area contributed by atoms with E-state index < -0.39 is 4.92 Å². The lowest BCUT2D eigenvalue weighted by molar-refractivity contribution is -0.384. The normalized spacial score (nSPS) is 13.0. The van der Waals surface area contributed by atoms with Gasteiger partial charge in [0.15, 0.2) is 11.5 Å². The Hall–Kier alpha value is -3.00. The molecule has 154 valence electrons. The molecule has 0 unspecified atom stereocenters. The Bertz CT molecular complexity index is 933. The minimum absolute atomic E-state index is 0.0662. The van der Waals surface area contributed by atoms with Gasteiger partial charge in [0.2, 0.25) is 0 Å². The molecule has 3 rings (SSSR count). The lowest BCUT2D eigenvalue weighted by Crippen LogP contribution is -2.30. The number of amides is 1. The Balaban J connectivity index is 1.80. The number of benzene rings is 2. The van der Waals surface area contributed by atoms with Gasteiger partial charge in [-0.05, 0) is 43.7 Å². The highest BCUT2D eigenvalue weighted by Crippen LogP contribution is 2.38. The van der Waals surface area contributed by atoms with E-state index in [-0.39, 0.29) is 29.7 Å². The van der Waals surface area contributed by atoms with Crippen LogP contribution in [0.1, 0.15) is 36.2 Å². The molecule has 9 heteroatoms. The van der Waals surface area contributed by atoms with Crippen LogP contribution in [0.25, 0.3) is 0 Å². The second-order valence-corrected chi connectivity index (χ2v) is 7.33. The van der Waals surface area contributed by atoms with Gasteiger partial charge in [-0.1, -0.05) is 11.6 Å². The van der Waals surface area contributed by atoms with Crippen LogP contribution in [0.5, 0.6) is 11.5 Å². The SMILES string of the molecule is CC(C)NC(=O)c1ccc(NCc2cc(Cl)c3c(c2)OCCCO3)c([N+](=O)[O-])c1. The molecule has 0 fully saturated rings. The Labute approximate surface area is 173 Å². The van der Waals surface area contributed by atoms with Crippen molar-refractivity contribution in [3.05, 3.63) is 56.6 Å². The van der Waals surface area contributed by atoms with Gasteiger partial charge in [-0.15, -0.1) is 0 Å². The predicted molar refractivity (Wildman–Crippen MR) is 110 cm³/mol. The molecule has 0 radical (unpaired) electrons. The second-order valence-electron chi connectivity index (χ2n) is 6.93. The summed E-state index contributed by atoms with van der Waals surface area (Å²) < 4.78 is 11.3. The number of fused-ring (bicyclic) bond motifs is 1. The molecular weight excluding hydrogens is 398 g/mol. The lowest BCUT2D eigenvalue weighted by Gasteiger charge is -2.13. The molecule has 2 aromatic rings. The van der Waals surface area contributed by atoms with E-state index in [2.05, 4.69) is 10.6 Å². The van der Waals surface area contributed by atoms with Crippen molar-refractivity contribution in [1.82, 2.24) is 5.32 Å². The highest BCUT2D eigenvalue weighted by atomic mass is 35.5. The Morgan fingerprint density at radius 3 is 2.72 bits per heavy atom. The predicted octanol–water partition coefficient (Wildman–Crippen LogP) is 4.16. The molecule has 1 amide bonds. The molecular formula is C20H22ClN3O5. The largest absolute Gasteiger partial charge is 0.489 e. The number of hydrogen-bond acceptors (Lipinski definition) is 6. The molecule has 0 aliphatic carbocycles. The monoisotopic (exact) mass is 419 g/mol. The number of carbonyl (C=O) groups excluding carboxylic acids is 1. The number of anilines is 1. The van der Waals surface area contributed by atoms with Gasteiger partial charge in [0.1, 0.15) is 5.69 Å². The number of nitrogens with zero attached hydrogens (tertiary/aromatic N) is 1. The molecule has 2 N–H and O–H groups in total. The minimum atomic E-state index is -0.518. The molecule has 29 heavy (non-hydrogen) atoms. The molecule has 8 nitrogen and oxygen atoms in total. The van der Waals surface area contributed by atoms with Gasteiger partial charge >= 0.3 is 0 Å². The van der Waals surface area contributed by atoms with E-state index in [1.807, 2.05) is 13.8 Å². The number of halogens is 1. The first-order chi connectivity index (χ1) is 13.8. The van der Waals surface area contributed by atoms with E-state index in [0.717, 1.165) is 12.0 Å². The number of nitro benzene ring substituents is 1. The third-order valence-corrected chi connectivity index (χ3v) is 4.50. The third-order valence-electron chi connectivity index (χ3n) is 4.22. The van der Waals surface area contributed by atoms with Gasteiger partial charge in [-0.25, -0.2) is 0 Å². The zero-order valence-corrected chi connectivity index (χ0v) is 16.9. The van der Waals surface area contributed by atoms with Crippen LogP contribution in [0.2, 0.25) is 5.02 Å². The van der Waals surface area contributed by atoms with Crippen LogP contribution in [-0.2, 0) is 6.54 Å². The number of carbonyl (C=O) groups is 1. The van der Waals surface area contributed by atoms with Crippen molar-refractivity contribution in [2.45, 2.75) is 32.9 Å². The number of ether oxygens (including phenoxy) is 2. The highest BCUT2D eigenvalue weighted by molar-refractivity contribution is 6.32. The number of nitro groups is 1. The third kappa shape index (κ3) is 5.08. The molecule has 1 heterocycles. The maximum absolute atomic E-state index is 12.1. The zero-order chi connectivity index (χ0) is 21.0. The number of hydrogen-bond donors (Lipinski definition) is 2. The molecule has 0 saturated carbocycles. The summed E-state index contributed by atoms with van der Waals surface area (Å²) in [5, 5.41) is 17.7.